The summed E-state index contributed by atoms with van der Waals surface area (Å²) >= 11 is 0. The molecule has 6 heteroatoms. The molecule has 0 bridgehead atoms. The molecule has 2 saturated heterocycles. The fraction of sp³-hybridized carbons (Fsp3) is 0.682. The Bertz CT molecular complexity index is 635. The highest BCUT2D eigenvalue weighted by molar-refractivity contribution is 5.80. The largest absolute Gasteiger partial charge is 0.379 e. The van der Waals surface area contributed by atoms with Crippen LogP contribution in [0.5, 0.6) is 0 Å². The minimum Gasteiger partial charge on any atom is -0.379 e. The summed E-state index contributed by atoms with van der Waals surface area (Å²) in [6.45, 7) is 11.7. The second-order valence-corrected chi connectivity index (χ2v) is 7.73. The predicted molar refractivity (Wildman–Crippen MR) is 115 cm³/mol. The molecule has 2 aliphatic rings. The van der Waals surface area contributed by atoms with Gasteiger partial charge in [-0.3, -0.25) is 4.99 Å². The average molecular weight is 389 g/mol. The fourth-order valence-electron chi connectivity index (χ4n) is 3.93. The van der Waals surface area contributed by atoms with Crippen LogP contribution in [0.2, 0.25) is 0 Å². The highest BCUT2D eigenvalue weighted by Gasteiger charge is 2.21. The Morgan fingerprint density at radius 3 is 2.79 bits per heavy atom. The zero-order valence-corrected chi connectivity index (χ0v) is 17.7. The van der Waals surface area contributed by atoms with E-state index in [1.165, 1.54) is 23.2 Å². The summed E-state index contributed by atoms with van der Waals surface area (Å²) < 4.78 is 11.3. The Balaban J connectivity index is 1.36. The number of hydrogen-bond donors (Lipinski definition) is 1. The van der Waals surface area contributed by atoms with E-state index in [9.17, 15) is 0 Å². The molecule has 0 spiro atoms. The molecule has 1 N–H and O–H groups in total. The van der Waals surface area contributed by atoms with Crippen molar-refractivity contribution in [2.24, 2.45) is 4.99 Å². The molecule has 0 amide bonds. The van der Waals surface area contributed by atoms with Gasteiger partial charge in [-0.05, 0) is 50.3 Å². The monoisotopic (exact) mass is 388 g/mol. The predicted octanol–water partition coefficient (Wildman–Crippen LogP) is 2.59. The van der Waals surface area contributed by atoms with Crippen molar-refractivity contribution >= 4 is 11.6 Å². The van der Waals surface area contributed by atoms with Crippen molar-refractivity contribution in [1.82, 2.24) is 10.2 Å². The number of rotatable bonds is 7. The van der Waals surface area contributed by atoms with Crippen molar-refractivity contribution in [2.45, 2.75) is 39.2 Å². The lowest BCUT2D eigenvalue weighted by Gasteiger charge is -2.38. The van der Waals surface area contributed by atoms with Crippen molar-refractivity contribution in [3.8, 4) is 0 Å². The first kappa shape index (κ1) is 20.9. The second kappa shape index (κ2) is 10.7. The van der Waals surface area contributed by atoms with Crippen LogP contribution in [-0.4, -0.2) is 76.6 Å². The van der Waals surface area contributed by atoms with Crippen molar-refractivity contribution in [3.63, 3.8) is 0 Å². The third-order valence-corrected chi connectivity index (χ3v) is 5.78. The molecular weight excluding hydrogens is 352 g/mol. The summed E-state index contributed by atoms with van der Waals surface area (Å²) in [5.41, 5.74) is 4.12. The minimum absolute atomic E-state index is 0.314. The number of nitrogens with zero attached hydrogens (tertiary/aromatic N) is 3. The maximum Gasteiger partial charge on any atom is 0.193 e. The maximum atomic E-state index is 5.74. The van der Waals surface area contributed by atoms with Crippen molar-refractivity contribution in [2.75, 3.05) is 64.5 Å². The Morgan fingerprint density at radius 1 is 1.25 bits per heavy atom. The molecule has 0 aromatic heterocycles. The van der Waals surface area contributed by atoms with Crippen LogP contribution in [0.1, 0.15) is 30.4 Å². The topological polar surface area (TPSA) is 49.3 Å². The highest BCUT2D eigenvalue weighted by atomic mass is 16.5. The summed E-state index contributed by atoms with van der Waals surface area (Å²) in [5, 5.41) is 3.49. The lowest BCUT2D eigenvalue weighted by atomic mass is 10.1. The number of guanidine groups is 1. The van der Waals surface area contributed by atoms with Gasteiger partial charge in [0.25, 0.3) is 0 Å². The zero-order valence-electron chi connectivity index (χ0n) is 17.7. The number of anilines is 1. The van der Waals surface area contributed by atoms with Crippen LogP contribution in [0.25, 0.3) is 0 Å². The standard InChI is InChI=1S/C22H36N4O2/c1-18-7-4-9-21(19(18)2)25-11-13-26(14-12-25)22(23-3)24-10-6-15-27-17-20-8-5-16-28-20/h4,7,9,20H,5-6,8,10-17H2,1-3H3,(H,23,24). The van der Waals surface area contributed by atoms with Crippen LogP contribution in [0.3, 0.4) is 0 Å². The Morgan fingerprint density at radius 2 is 2.07 bits per heavy atom. The molecule has 1 aromatic carbocycles. The zero-order chi connectivity index (χ0) is 19.8. The minimum atomic E-state index is 0.314. The van der Waals surface area contributed by atoms with E-state index < -0.39 is 0 Å². The molecular formula is C22H36N4O2. The first-order valence-electron chi connectivity index (χ1n) is 10.6. The maximum absolute atomic E-state index is 5.74. The van der Waals surface area contributed by atoms with Gasteiger partial charge < -0.3 is 24.6 Å². The average Bonchev–Trinajstić information content (AvgIpc) is 3.23. The van der Waals surface area contributed by atoms with E-state index >= 15 is 0 Å². The molecule has 1 aromatic rings. The molecule has 0 saturated carbocycles. The van der Waals surface area contributed by atoms with Gasteiger partial charge in [0, 0.05) is 58.7 Å². The molecule has 6 nitrogen and oxygen atoms in total. The fourth-order valence-corrected chi connectivity index (χ4v) is 3.93. The molecule has 28 heavy (non-hydrogen) atoms. The smallest absolute Gasteiger partial charge is 0.193 e. The van der Waals surface area contributed by atoms with Gasteiger partial charge in [0.15, 0.2) is 5.96 Å². The first-order valence-corrected chi connectivity index (χ1v) is 10.6. The van der Waals surface area contributed by atoms with Gasteiger partial charge in [0.2, 0.25) is 0 Å². The summed E-state index contributed by atoms with van der Waals surface area (Å²) in [6.07, 6.45) is 3.60. The molecule has 2 heterocycles. The Kier molecular flexibility index (Phi) is 7.98. The van der Waals surface area contributed by atoms with E-state index in [0.717, 1.165) is 71.3 Å². The van der Waals surface area contributed by atoms with Crippen LogP contribution in [-0.2, 0) is 9.47 Å². The molecule has 1 atom stereocenters. The van der Waals surface area contributed by atoms with Gasteiger partial charge in [-0.15, -0.1) is 0 Å². The van der Waals surface area contributed by atoms with E-state index in [0.29, 0.717) is 6.10 Å². The van der Waals surface area contributed by atoms with Crippen molar-refractivity contribution in [3.05, 3.63) is 29.3 Å². The lowest BCUT2D eigenvalue weighted by Crippen LogP contribution is -2.52. The molecule has 2 aliphatic heterocycles. The van der Waals surface area contributed by atoms with Crippen LogP contribution in [0.15, 0.2) is 23.2 Å². The molecule has 3 rings (SSSR count). The van der Waals surface area contributed by atoms with Gasteiger partial charge in [0.05, 0.1) is 12.7 Å². The lowest BCUT2D eigenvalue weighted by molar-refractivity contribution is 0.0168. The third kappa shape index (κ3) is 5.61. The molecule has 0 aliphatic carbocycles. The number of hydrogen-bond acceptors (Lipinski definition) is 4. The Hall–Kier alpha value is -1.79. The SMILES string of the molecule is CN=C(NCCCOCC1CCCO1)N1CCN(c2cccc(C)c2C)CC1. The van der Waals surface area contributed by atoms with E-state index in [1.807, 2.05) is 7.05 Å². The quantitative estimate of drug-likeness (QED) is 0.442. The summed E-state index contributed by atoms with van der Waals surface area (Å²) in [6, 6.07) is 6.58. The van der Waals surface area contributed by atoms with Crippen LogP contribution >= 0.6 is 0 Å². The van der Waals surface area contributed by atoms with Crippen molar-refractivity contribution < 1.29 is 9.47 Å². The van der Waals surface area contributed by atoms with Gasteiger partial charge in [-0.1, -0.05) is 12.1 Å². The number of piperazine rings is 1. The number of benzene rings is 1. The van der Waals surface area contributed by atoms with Gasteiger partial charge in [-0.2, -0.15) is 0 Å². The summed E-state index contributed by atoms with van der Waals surface area (Å²) in [4.78, 5) is 9.32. The number of aliphatic imine (C=N–C) groups is 1. The van der Waals surface area contributed by atoms with Gasteiger partial charge >= 0.3 is 0 Å². The molecule has 0 radical (unpaired) electrons. The summed E-state index contributed by atoms with van der Waals surface area (Å²) in [5.74, 6) is 1.000. The number of aryl methyl sites for hydroxylation is 1. The summed E-state index contributed by atoms with van der Waals surface area (Å²) in [7, 11) is 1.87. The highest BCUT2D eigenvalue weighted by Crippen LogP contribution is 2.23. The van der Waals surface area contributed by atoms with Gasteiger partial charge in [0.1, 0.15) is 0 Å². The van der Waals surface area contributed by atoms with E-state index in [-0.39, 0.29) is 0 Å². The Labute approximate surface area is 169 Å². The van der Waals surface area contributed by atoms with Crippen LogP contribution < -0.4 is 10.2 Å². The molecule has 1 unspecified atom stereocenters. The van der Waals surface area contributed by atoms with Gasteiger partial charge in [-0.25, -0.2) is 0 Å². The molecule has 156 valence electrons. The third-order valence-electron chi connectivity index (χ3n) is 5.78. The van der Waals surface area contributed by atoms with E-state index in [2.05, 4.69) is 52.2 Å². The molecule has 2 fully saturated rings. The van der Waals surface area contributed by atoms with Crippen molar-refractivity contribution in [1.29, 1.82) is 0 Å². The normalized spacial score (nSPS) is 20.7. The number of ether oxygens (including phenoxy) is 2. The van der Waals surface area contributed by atoms with E-state index in [1.54, 1.807) is 0 Å². The number of nitrogens with one attached hydrogen (secondary N) is 1. The van der Waals surface area contributed by atoms with Crippen LogP contribution in [0.4, 0.5) is 5.69 Å². The first-order chi connectivity index (χ1) is 13.7. The van der Waals surface area contributed by atoms with E-state index in [4.69, 9.17) is 9.47 Å². The second-order valence-electron chi connectivity index (χ2n) is 7.73. The van der Waals surface area contributed by atoms with Crippen LogP contribution in [0, 0.1) is 13.8 Å².